The fourth-order valence-electron chi connectivity index (χ4n) is 3.79. The van der Waals surface area contributed by atoms with Crippen LogP contribution >= 0.6 is 23.4 Å². The lowest BCUT2D eigenvalue weighted by Crippen LogP contribution is -2.15. The Kier molecular flexibility index (Phi) is 6.38. The summed E-state index contributed by atoms with van der Waals surface area (Å²) in [5, 5.41) is 14.1. The standard InChI is InChI=1S/C26H22ClN5OS/c1-17-10-12-19(13-11-17)32-24(14-18-15-28-22-8-4-2-6-20(18)22)30-31-26(32)34-16-25(33)29-23-9-5-3-7-21(23)27/h2-13,15,28H,14,16H2,1H3,(H,29,33). The maximum absolute atomic E-state index is 12.6. The van der Waals surface area contributed by atoms with Gasteiger partial charge in [0.1, 0.15) is 5.82 Å². The van der Waals surface area contributed by atoms with Gasteiger partial charge in [-0.05, 0) is 42.8 Å². The van der Waals surface area contributed by atoms with Gasteiger partial charge in [-0.15, -0.1) is 10.2 Å². The summed E-state index contributed by atoms with van der Waals surface area (Å²) in [5.74, 6) is 0.833. The SMILES string of the molecule is Cc1ccc(-n2c(Cc3c[nH]c4ccccc34)nnc2SCC(=O)Nc2ccccc2Cl)cc1. The number of hydrogen-bond donors (Lipinski definition) is 2. The first-order valence-corrected chi connectivity index (χ1v) is 12.2. The first kappa shape index (κ1) is 22.3. The van der Waals surface area contributed by atoms with E-state index >= 15 is 0 Å². The van der Waals surface area contributed by atoms with Crippen LogP contribution in [0, 0.1) is 6.92 Å². The molecule has 3 aromatic carbocycles. The van der Waals surface area contributed by atoms with Crippen molar-refractivity contribution < 1.29 is 4.79 Å². The molecule has 0 radical (unpaired) electrons. The van der Waals surface area contributed by atoms with Crippen LogP contribution in [0.2, 0.25) is 5.02 Å². The monoisotopic (exact) mass is 487 g/mol. The highest BCUT2D eigenvalue weighted by Gasteiger charge is 2.18. The molecule has 170 valence electrons. The van der Waals surface area contributed by atoms with E-state index in [4.69, 9.17) is 11.6 Å². The number of carbonyl (C=O) groups excluding carboxylic acids is 1. The zero-order valence-electron chi connectivity index (χ0n) is 18.5. The molecule has 0 atom stereocenters. The normalized spacial score (nSPS) is 11.1. The summed E-state index contributed by atoms with van der Waals surface area (Å²) >= 11 is 7.51. The minimum Gasteiger partial charge on any atom is -0.361 e. The smallest absolute Gasteiger partial charge is 0.234 e. The molecule has 1 amide bonds. The number of hydrogen-bond acceptors (Lipinski definition) is 4. The van der Waals surface area contributed by atoms with E-state index in [1.807, 2.05) is 47.2 Å². The summed E-state index contributed by atoms with van der Waals surface area (Å²) < 4.78 is 2.02. The van der Waals surface area contributed by atoms with Gasteiger partial charge >= 0.3 is 0 Å². The number of aromatic nitrogens is 4. The van der Waals surface area contributed by atoms with Crippen molar-refractivity contribution in [2.24, 2.45) is 0 Å². The summed E-state index contributed by atoms with van der Waals surface area (Å²) in [6.45, 7) is 2.05. The summed E-state index contributed by atoms with van der Waals surface area (Å²) in [6.07, 6.45) is 2.62. The number of nitrogens with one attached hydrogen (secondary N) is 2. The second-order valence-corrected chi connectivity index (χ2v) is 9.27. The lowest BCUT2D eigenvalue weighted by molar-refractivity contribution is -0.113. The number of amides is 1. The molecule has 0 aliphatic rings. The second-order valence-electron chi connectivity index (χ2n) is 7.92. The Balaban J connectivity index is 1.42. The molecule has 0 fully saturated rings. The zero-order chi connectivity index (χ0) is 23.5. The third kappa shape index (κ3) is 4.71. The molecule has 0 aliphatic heterocycles. The van der Waals surface area contributed by atoms with Gasteiger partial charge in [0, 0.05) is 29.2 Å². The van der Waals surface area contributed by atoms with Crippen molar-refractivity contribution in [1.29, 1.82) is 0 Å². The van der Waals surface area contributed by atoms with E-state index in [1.54, 1.807) is 12.1 Å². The van der Waals surface area contributed by atoms with Crippen LogP contribution in [-0.4, -0.2) is 31.4 Å². The molecule has 0 aliphatic carbocycles. The number of benzene rings is 3. The van der Waals surface area contributed by atoms with Crippen molar-refractivity contribution in [3.63, 3.8) is 0 Å². The molecule has 2 aromatic heterocycles. The van der Waals surface area contributed by atoms with Crippen LogP contribution < -0.4 is 5.32 Å². The molecule has 5 aromatic rings. The molecule has 0 saturated carbocycles. The largest absolute Gasteiger partial charge is 0.361 e. The fraction of sp³-hybridized carbons (Fsp3) is 0.115. The number of halogens is 1. The lowest BCUT2D eigenvalue weighted by Gasteiger charge is -2.11. The van der Waals surface area contributed by atoms with Gasteiger partial charge in [-0.25, -0.2) is 0 Å². The molecule has 0 unspecified atom stereocenters. The number of aryl methyl sites for hydroxylation is 1. The molecule has 34 heavy (non-hydrogen) atoms. The number of rotatable bonds is 7. The second kappa shape index (κ2) is 9.75. The quantitative estimate of drug-likeness (QED) is 0.275. The van der Waals surface area contributed by atoms with E-state index in [1.165, 1.54) is 17.3 Å². The van der Waals surface area contributed by atoms with Crippen molar-refractivity contribution in [2.45, 2.75) is 18.5 Å². The van der Waals surface area contributed by atoms with Crippen molar-refractivity contribution in [1.82, 2.24) is 19.7 Å². The van der Waals surface area contributed by atoms with Crippen molar-refractivity contribution in [3.8, 4) is 5.69 Å². The van der Waals surface area contributed by atoms with Crippen molar-refractivity contribution in [3.05, 3.63) is 101 Å². The number of nitrogens with zero attached hydrogens (tertiary/aromatic N) is 3. The van der Waals surface area contributed by atoms with Gasteiger partial charge in [-0.2, -0.15) is 0 Å². The van der Waals surface area contributed by atoms with Gasteiger partial charge in [0.25, 0.3) is 0 Å². The van der Waals surface area contributed by atoms with Crippen LogP contribution in [0.25, 0.3) is 16.6 Å². The van der Waals surface area contributed by atoms with E-state index < -0.39 is 0 Å². The molecule has 0 bridgehead atoms. The van der Waals surface area contributed by atoms with E-state index in [0.717, 1.165) is 28.0 Å². The van der Waals surface area contributed by atoms with E-state index in [-0.39, 0.29) is 11.7 Å². The van der Waals surface area contributed by atoms with Crippen LogP contribution in [-0.2, 0) is 11.2 Å². The first-order chi connectivity index (χ1) is 16.6. The Morgan fingerprint density at radius 1 is 1.03 bits per heavy atom. The van der Waals surface area contributed by atoms with Crippen LogP contribution in [0.4, 0.5) is 5.69 Å². The van der Waals surface area contributed by atoms with Gasteiger partial charge in [0.15, 0.2) is 5.16 Å². The van der Waals surface area contributed by atoms with Gasteiger partial charge in [-0.1, -0.05) is 71.4 Å². The lowest BCUT2D eigenvalue weighted by atomic mass is 10.1. The summed E-state index contributed by atoms with van der Waals surface area (Å²) in [4.78, 5) is 15.9. The van der Waals surface area contributed by atoms with Crippen LogP contribution in [0.3, 0.4) is 0 Å². The van der Waals surface area contributed by atoms with E-state index in [2.05, 4.69) is 51.7 Å². The van der Waals surface area contributed by atoms with Gasteiger partial charge in [-0.3, -0.25) is 9.36 Å². The summed E-state index contributed by atoms with van der Waals surface area (Å²) in [7, 11) is 0. The zero-order valence-corrected chi connectivity index (χ0v) is 20.0. The van der Waals surface area contributed by atoms with Crippen molar-refractivity contribution in [2.75, 3.05) is 11.1 Å². The summed E-state index contributed by atoms with van der Waals surface area (Å²) in [5.41, 5.74) is 4.95. The Hall–Kier alpha value is -3.55. The van der Waals surface area contributed by atoms with Gasteiger partial charge in [0.05, 0.1) is 16.5 Å². The number of para-hydroxylation sites is 2. The number of fused-ring (bicyclic) bond motifs is 1. The molecular formula is C26H22ClN5OS. The number of aromatic amines is 1. The topological polar surface area (TPSA) is 75.6 Å². The third-order valence-corrected chi connectivity index (χ3v) is 6.75. The maximum atomic E-state index is 12.6. The Labute approximate surface area is 206 Å². The Bertz CT molecular complexity index is 1460. The number of carbonyl (C=O) groups is 1. The third-order valence-electron chi connectivity index (χ3n) is 5.50. The predicted octanol–water partition coefficient (Wildman–Crippen LogP) is 6.03. The average Bonchev–Trinajstić information content (AvgIpc) is 3.44. The Morgan fingerprint density at radius 2 is 1.79 bits per heavy atom. The van der Waals surface area contributed by atoms with Crippen LogP contribution in [0.1, 0.15) is 17.0 Å². The van der Waals surface area contributed by atoms with Crippen LogP contribution in [0.15, 0.2) is 84.1 Å². The predicted molar refractivity (Wildman–Crippen MR) is 138 cm³/mol. The number of thioether (sulfide) groups is 1. The fourth-order valence-corrected chi connectivity index (χ4v) is 4.74. The van der Waals surface area contributed by atoms with Gasteiger partial charge < -0.3 is 10.3 Å². The average molecular weight is 488 g/mol. The minimum atomic E-state index is -0.158. The van der Waals surface area contributed by atoms with E-state index in [0.29, 0.717) is 22.3 Å². The number of H-pyrrole nitrogens is 1. The molecule has 2 N–H and O–H groups in total. The van der Waals surface area contributed by atoms with Gasteiger partial charge in [0.2, 0.25) is 5.91 Å². The highest BCUT2D eigenvalue weighted by molar-refractivity contribution is 7.99. The Morgan fingerprint density at radius 3 is 2.62 bits per heavy atom. The molecule has 6 nitrogen and oxygen atoms in total. The minimum absolute atomic E-state index is 0.158. The number of anilines is 1. The molecule has 2 heterocycles. The molecule has 8 heteroatoms. The molecule has 5 rings (SSSR count). The molecule has 0 saturated heterocycles. The first-order valence-electron chi connectivity index (χ1n) is 10.8. The highest BCUT2D eigenvalue weighted by Crippen LogP contribution is 2.27. The van der Waals surface area contributed by atoms with E-state index in [9.17, 15) is 4.79 Å². The van der Waals surface area contributed by atoms with Crippen molar-refractivity contribution >= 4 is 45.9 Å². The molecular weight excluding hydrogens is 466 g/mol. The van der Waals surface area contributed by atoms with Crippen LogP contribution in [0.5, 0.6) is 0 Å². The summed E-state index contributed by atoms with van der Waals surface area (Å²) in [6, 6.07) is 23.6. The highest BCUT2D eigenvalue weighted by atomic mass is 35.5. The molecule has 0 spiro atoms. The maximum Gasteiger partial charge on any atom is 0.234 e.